The highest BCUT2D eigenvalue weighted by Gasteiger charge is 2.19. The zero-order chi connectivity index (χ0) is 27.3. The second kappa shape index (κ2) is 11.8. The number of fused-ring (bicyclic) bond motifs is 1. The van der Waals surface area contributed by atoms with Crippen molar-refractivity contribution in [1.29, 1.82) is 0 Å². The highest BCUT2D eigenvalue weighted by Crippen LogP contribution is 2.26. The van der Waals surface area contributed by atoms with E-state index in [-0.39, 0.29) is 11.7 Å². The predicted octanol–water partition coefficient (Wildman–Crippen LogP) is 5.93. The number of piperazine rings is 1. The number of carbonyl (C=O) groups excluding carboxylic acids is 1. The second-order valence-electron chi connectivity index (χ2n) is 10.5. The van der Waals surface area contributed by atoms with Crippen molar-refractivity contribution >= 4 is 22.6 Å². The van der Waals surface area contributed by atoms with Gasteiger partial charge >= 0.3 is 0 Å². The third kappa shape index (κ3) is 5.92. The van der Waals surface area contributed by atoms with E-state index in [9.17, 15) is 4.79 Å². The molecule has 3 aromatic carbocycles. The first-order valence-corrected chi connectivity index (χ1v) is 13.9. The van der Waals surface area contributed by atoms with Crippen LogP contribution in [0, 0.1) is 0 Å². The van der Waals surface area contributed by atoms with Gasteiger partial charge in [-0.25, -0.2) is 4.98 Å². The van der Waals surface area contributed by atoms with Gasteiger partial charge in [0, 0.05) is 57.5 Å². The largest absolute Gasteiger partial charge is 0.353 e. The third-order valence-corrected chi connectivity index (χ3v) is 7.80. The molecule has 2 aromatic heterocycles. The first-order chi connectivity index (χ1) is 19.6. The molecule has 6 nitrogen and oxygen atoms in total. The van der Waals surface area contributed by atoms with Crippen LogP contribution in [0.4, 0.5) is 5.82 Å². The molecule has 40 heavy (non-hydrogen) atoms. The van der Waals surface area contributed by atoms with Crippen molar-refractivity contribution in [2.45, 2.75) is 25.8 Å². The van der Waals surface area contributed by atoms with E-state index >= 15 is 0 Å². The van der Waals surface area contributed by atoms with Gasteiger partial charge in [-0.15, -0.1) is 0 Å². The molecule has 3 heterocycles. The number of hydrogen-bond donors (Lipinski definition) is 0. The van der Waals surface area contributed by atoms with Gasteiger partial charge in [0.1, 0.15) is 11.6 Å². The zero-order valence-electron chi connectivity index (χ0n) is 22.8. The van der Waals surface area contributed by atoms with Crippen molar-refractivity contribution in [2.75, 3.05) is 31.1 Å². The van der Waals surface area contributed by atoms with Gasteiger partial charge < -0.3 is 4.90 Å². The summed E-state index contributed by atoms with van der Waals surface area (Å²) in [5.41, 5.74) is 7.31. The Morgan fingerprint density at radius 2 is 1.57 bits per heavy atom. The van der Waals surface area contributed by atoms with Crippen molar-refractivity contribution < 1.29 is 4.79 Å². The second-order valence-corrected chi connectivity index (χ2v) is 10.5. The van der Waals surface area contributed by atoms with Gasteiger partial charge in [-0.05, 0) is 46.0 Å². The Bertz CT molecular complexity index is 1580. The molecule has 5 aromatic rings. The van der Waals surface area contributed by atoms with Crippen LogP contribution in [0.25, 0.3) is 22.2 Å². The van der Waals surface area contributed by atoms with Gasteiger partial charge in [-0.1, -0.05) is 73.7 Å². The summed E-state index contributed by atoms with van der Waals surface area (Å²) >= 11 is 0. The summed E-state index contributed by atoms with van der Waals surface area (Å²) in [6.07, 6.45) is 6.08. The number of anilines is 1. The number of nitrogens with zero attached hydrogens (tertiary/aromatic N) is 5. The summed E-state index contributed by atoms with van der Waals surface area (Å²) in [4.78, 5) is 31.6. The Labute approximate surface area is 235 Å². The minimum atomic E-state index is -0.113. The topological polar surface area (TPSA) is 62.2 Å². The first-order valence-electron chi connectivity index (χ1n) is 13.9. The van der Waals surface area contributed by atoms with Crippen LogP contribution in [0.1, 0.15) is 29.5 Å². The number of Topliss-reactive ketones (excluding diaryl/α,β-unsaturated/α-hetero) is 1. The first kappa shape index (κ1) is 25.8. The standard InChI is InChI=1S/C34H33N5O/c1-25(28-7-3-2-4-8-28)33(40)20-26-9-11-29(12-10-26)30-13-14-31-32(21-30)37-34(23-36-31)39-18-16-38(17-19-39)24-27-6-5-15-35-22-27/h2-15,21-23,25H,16-20,24H2,1H3. The lowest BCUT2D eigenvalue weighted by Crippen LogP contribution is -2.46. The maximum atomic E-state index is 12.9. The normalized spacial score (nSPS) is 14.8. The van der Waals surface area contributed by atoms with Crippen molar-refractivity contribution in [3.63, 3.8) is 0 Å². The lowest BCUT2D eigenvalue weighted by atomic mass is 9.92. The highest BCUT2D eigenvalue weighted by molar-refractivity contribution is 5.87. The molecule has 1 fully saturated rings. The SMILES string of the molecule is CC(C(=O)Cc1ccc(-c2ccc3ncc(N4CCN(Cc5cccnc5)CC4)nc3c2)cc1)c1ccccc1. The Morgan fingerprint density at radius 3 is 2.33 bits per heavy atom. The summed E-state index contributed by atoms with van der Waals surface area (Å²) in [5, 5.41) is 0. The van der Waals surface area contributed by atoms with Crippen LogP contribution in [0.15, 0.2) is 104 Å². The van der Waals surface area contributed by atoms with Crippen LogP contribution in [0.2, 0.25) is 0 Å². The van der Waals surface area contributed by atoms with Gasteiger partial charge in [0.2, 0.25) is 0 Å². The van der Waals surface area contributed by atoms with Crippen LogP contribution < -0.4 is 4.90 Å². The summed E-state index contributed by atoms with van der Waals surface area (Å²) < 4.78 is 0. The maximum Gasteiger partial charge on any atom is 0.147 e. The van der Waals surface area contributed by atoms with E-state index < -0.39 is 0 Å². The number of rotatable bonds is 8. The van der Waals surface area contributed by atoms with Gasteiger partial charge in [-0.3, -0.25) is 19.7 Å². The zero-order valence-corrected chi connectivity index (χ0v) is 22.8. The maximum absolute atomic E-state index is 12.9. The molecule has 0 aliphatic carbocycles. The van der Waals surface area contributed by atoms with E-state index in [1.165, 1.54) is 5.56 Å². The summed E-state index contributed by atoms with van der Waals surface area (Å²) in [6.45, 7) is 6.71. The van der Waals surface area contributed by atoms with Crippen LogP contribution in [-0.2, 0) is 17.8 Å². The van der Waals surface area contributed by atoms with Crippen molar-refractivity contribution in [3.8, 4) is 11.1 Å². The fourth-order valence-electron chi connectivity index (χ4n) is 5.32. The van der Waals surface area contributed by atoms with Crippen LogP contribution in [0.5, 0.6) is 0 Å². The molecule has 1 unspecified atom stereocenters. The number of benzene rings is 3. The number of pyridine rings is 1. The minimum Gasteiger partial charge on any atom is -0.353 e. The summed E-state index contributed by atoms with van der Waals surface area (Å²) in [7, 11) is 0. The van der Waals surface area contributed by atoms with Crippen LogP contribution in [-0.4, -0.2) is 51.8 Å². The van der Waals surface area contributed by atoms with Crippen LogP contribution >= 0.6 is 0 Å². The Hall–Kier alpha value is -4.42. The van der Waals surface area contributed by atoms with Gasteiger partial charge in [0.05, 0.1) is 17.2 Å². The lowest BCUT2D eigenvalue weighted by Gasteiger charge is -2.35. The fraction of sp³-hybridized carbons (Fsp3) is 0.235. The fourth-order valence-corrected chi connectivity index (χ4v) is 5.32. The summed E-state index contributed by atoms with van der Waals surface area (Å²) in [6, 6.07) is 28.6. The molecule has 1 aliphatic heterocycles. The summed E-state index contributed by atoms with van der Waals surface area (Å²) in [5.74, 6) is 1.04. The molecule has 1 saturated heterocycles. The molecule has 0 amide bonds. The molecule has 0 saturated carbocycles. The van der Waals surface area contributed by atoms with Crippen LogP contribution in [0.3, 0.4) is 0 Å². The molecule has 1 aliphatic rings. The molecule has 1 atom stereocenters. The molecule has 6 heteroatoms. The lowest BCUT2D eigenvalue weighted by molar-refractivity contribution is -0.119. The predicted molar refractivity (Wildman–Crippen MR) is 160 cm³/mol. The average molecular weight is 528 g/mol. The van der Waals surface area contributed by atoms with E-state index in [2.05, 4.69) is 57.2 Å². The Balaban J connectivity index is 1.11. The Kier molecular flexibility index (Phi) is 7.60. The average Bonchev–Trinajstić information content (AvgIpc) is 3.02. The number of ketones is 1. The Morgan fingerprint density at radius 1 is 0.800 bits per heavy atom. The molecular weight excluding hydrogens is 494 g/mol. The smallest absolute Gasteiger partial charge is 0.147 e. The van der Waals surface area contributed by atoms with E-state index in [1.807, 2.05) is 68.0 Å². The van der Waals surface area contributed by atoms with Crippen molar-refractivity contribution in [1.82, 2.24) is 19.9 Å². The van der Waals surface area contributed by atoms with Crippen molar-refractivity contribution in [3.05, 3.63) is 120 Å². The monoisotopic (exact) mass is 527 g/mol. The molecule has 0 bridgehead atoms. The molecule has 200 valence electrons. The molecule has 0 N–H and O–H groups in total. The minimum absolute atomic E-state index is 0.113. The van der Waals surface area contributed by atoms with Gasteiger partial charge in [-0.2, -0.15) is 0 Å². The molecular formula is C34H33N5O. The molecule has 0 spiro atoms. The van der Waals surface area contributed by atoms with E-state index in [1.54, 1.807) is 0 Å². The van der Waals surface area contributed by atoms with Crippen molar-refractivity contribution in [2.24, 2.45) is 0 Å². The highest BCUT2D eigenvalue weighted by atomic mass is 16.1. The molecule has 0 radical (unpaired) electrons. The number of hydrogen-bond acceptors (Lipinski definition) is 6. The van der Waals surface area contributed by atoms with Gasteiger partial charge in [0.25, 0.3) is 0 Å². The van der Waals surface area contributed by atoms with E-state index in [4.69, 9.17) is 9.97 Å². The van der Waals surface area contributed by atoms with E-state index in [0.29, 0.717) is 6.42 Å². The molecule has 6 rings (SSSR count). The quantitative estimate of drug-likeness (QED) is 0.249. The van der Waals surface area contributed by atoms with Gasteiger partial charge in [0.15, 0.2) is 0 Å². The third-order valence-electron chi connectivity index (χ3n) is 7.80. The number of carbonyl (C=O) groups is 1. The van der Waals surface area contributed by atoms with E-state index in [0.717, 1.165) is 71.8 Å². The number of aromatic nitrogens is 3.